The molecular weight excluding hydrogens is 226 g/mol. The van der Waals surface area contributed by atoms with Gasteiger partial charge >= 0.3 is 0 Å². The van der Waals surface area contributed by atoms with E-state index in [1.165, 1.54) is 11.1 Å². The first-order valence-corrected chi connectivity index (χ1v) is 6.21. The topological polar surface area (TPSA) is 43.1 Å². The summed E-state index contributed by atoms with van der Waals surface area (Å²) in [6, 6.07) is 5.44. The average Bonchev–Trinajstić information content (AvgIpc) is 2.33. The maximum absolute atomic E-state index is 11.1. The second-order valence-corrected chi connectivity index (χ2v) is 5.20. The lowest BCUT2D eigenvalue weighted by Crippen LogP contribution is -2.28. The summed E-state index contributed by atoms with van der Waals surface area (Å²) in [5.74, 6) is 0.579. The number of nitrogens with zero attached hydrogens (tertiary/aromatic N) is 1. The van der Waals surface area contributed by atoms with E-state index in [-0.39, 0.29) is 16.5 Å². The highest BCUT2D eigenvalue weighted by Crippen LogP contribution is 2.57. The van der Waals surface area contributed by atoms with Gasteiger partial charge in [-0.3, -0.25) is 10.1 Å². The highest BCUT2D eigenvalue weighted by atomic mass is 16.6. The van der Waals surface area contributed by atoms with E-state index >= 15 is 0 Å². The van der Waals surface area contributed by atoms with E-state index in [0.717, 1.165) is 17.5 Å². The van der Waals surface area contributed by atoms with Crippen molar-refractivity contribution in [3.05, 3.63) is 62.7 Å². The second kappa shape index (κ2) is 3.80. The number of hydrogen-bond donors (Lipinski definition) is 0. The van der Waals surface area contributed by atoms with Gasteiger partial charge in [0, 0.05) is 23.5 Å². The van der Waals surface area contributed by atoms with Crippen molar-refractivity contribution in [1.29, 1.82) is 0 Å². The molecule has 2 atom stereocenters. The quantitative estimate of drug-likeness (QED) is 0.422. The standard InChI is InChI=1S/C15H15NO2/c1-9(2)10-5-3-6-11-14(10)12-7-4-8-13(15(11)12)16(17)18/h3-4,6-8,11,14H,5H2,1-2H3/t11?,14-/m1/s1. The van der Waals surface area contributed by atoms with Crippen molar-refractivity contribution in [2.24, 2.45) is 0 Å². The molecule has 0 aromatic heterocycles. The number of benzene rings is 1. The summed E-state index contributed by atoms with van der Waals surface area (Å²) in [5, 5.41) is 11.1. The SMILES string of the molecule is CC(C)=C1CC=CC2c3c(cccc3[N+](=O)[O-])[C@H]12. The van der Waals surface area contributed by atoms with E-state index < -0.39 is 0 Å². The first-order chi connectivity index (χ1) is 8.61. The number of rotatable bonds is 1. The minimum absolute atomic E-state index is 0.209. The number of hydrogen-bond acceptors (Lipinski definition) is 2. The van der Waals surface area contributed by atoms with Crippen molar-refractivity contribution < 1.29 is 4.92 Å². The molecule has 3 nitrogen and oxygen atoms in total. The van der Waals surface area contributed by atoms with Crippen LogP contribution in [0.25, 0.3) is 0 Å². The summed E-state index contributed by atoms with van der Waals surface area (Å²) >= 11 is 0. The number of nitro groups is 1. The fraction of sp³-hybridized carbons (Fsp3) is 0.333. The molecule has 0 saturated carbocycles. The van der Waals surface area contributed by atoms with Crippen molar-refractivity contribution in [3.8, 4) is 0 Å². The minimum Gasteiger partial charge on any atom is -0.258 e. The van der Waals surface area contributed by atoms with Crippen LogP contribution in [0.2, 0.25) is 0 Å². The molecule has 0 amide bonds. The maximum Gasteiger partial charge on any atom is 0.273 e. The van der Waals surface area contributed by atoms with Crippen LogP contribution in [0.5, 0.6) is 0 Å². The summed E-state index contributed by atoms with van der Waals surface area (Å²) in [5.41, 5.74) is 5.10. The molecule has 0 aliphatic heterocycles. The summed E-state index contributed by atoms with van der Waals surface area (Å²) in [6.07, 6.45) is 5.25. The summed E-state index contributed by atoms with van der Waals surface area (Å²) in [4.78, 5) is 10.8. The molecular formula is C15H15NO2. The molecule has 0 bridgehead atoms. The fourth-order valence-corrected chi connectivity index (χ4v) is 3.22. The van der Waals surface area contributed by atoms with Gasteiger partial charge in [0.1, 0.15) is 0 Å². The van der Waals surface area contributed by atoms with Crippen LogP contribution < -0.4 is 0 Å². The van der Waals surface area contributed by atoms with Crippen molar-refractivity contribution in [2.75, 3.05) is 0 Å². The Labute approximate surface area is 106 Å². The Bertz CT molecular complexity index is 595. The van der Waals surface area contributed by atoms with E-state index in [1.807, 2.05) is 6.07 Å². The number of allylic oxidation sites excluding steroid dienone is 4. The zero-order valence-corrected chi connectivity index (χ0v) is 10.5. The molecule has 2 aliphatic rings. The molecule has 0 N–H and O–H groups in total. The number of fused-ring (bicyclic) bond motifs is 4. The normalized spacial score (nSPS) is 24.0. The Morgan fingerprint density at radius 3 is 2.83 bits per heavy atom. The fourth-order valence-electron chi connectivity index (χ4n) is 3.22. The molecule has 3 rings (SSSR count). The molecule has 1 unspecified atom stereocenters. The van der Waals surface area contributed by atoms with Crippen LogP contribution in [0.4, 0.5) is 5.69 Å². The molecule has 1 aromatic rings. The van der Waals surface area contributed by atoms with Gasteiger partial charge in [0.05, 0.1) is 4.92 Å². The first-order valence-electron chi connectivity index (χ1n) is 6.21. The molecule has 0 spiro atoms. The van der Waals surface area contributed by atoms with Crippen LogP contribution in [-0.2, 0) is 0 Å². The van der Waals surface area contributed by atoms with Crippen LogP contribution in [0, 0.1) is 10.1 Å². The highest BCUT2D eigenvalue weighted by molar-refractivity contribution is 5.63. The smallest absolute Gasteiger partial charge is 0.258 e. The first kappa shape index (κ1) is 11.2. The van der Waals surface area contributed by atoms with Gasteiger partial charge in [-0.2, -0.15) is 0 Å². The van der Waals surface area contributed by atoms with E-state index in [1.54, 1.807) is 12.1 Å². The number of nitro benzene ring substituents is 1. The van der Waals surface area contributed by atoms with E-state index in [4.69, 9.17) is 0 Å². The summed E-state index contributed by atoms with van der Waals surface area (Å²) < 4.78 is 0. The molecule has 0 fully saturated rings. The molecule has 92 valence electrons. The Hall–Kier alpha value is -1.90. The van der Waals surface area contributed by atoms with Gasteiger partial charge < -0.3 is 0 Å². The van der Waals surface area contributed by atoms with Gasteiger partial charge in [0.2, 0.25) is 0 Å². The Morgan fingerprint density at radius 1 is 1.39 bits per heavy atom. The van der Waals surface area contributed by atoms with E-state index in [0.29, 0.717) is 5.92 Å². The molecule has 0 saturated heterocycles. The van der Waals surface area contributed by atoms with Crippen molar-refractivity contribution in [2.45, 2.75) is 32.1 Å². The van der Waals surface area contributed by atoms with Crippen LogP contribution in [0.15, 0.2) is 41.5 Å². The summed E-state index contributed by atoms with van der Waals surface area (Å²) in [7, 11) is 0. The van der Waals surface area contributed by atoms with Crippen LogP contribution >= 0.6 is 0 Å². The Balaban J connectivity index is 2.17. The molecule has 0 radical (unpaired) electrons. The Kier molecular flexibility index (Phi) is 2.37. The van der Waals surface area contributed by atoms with Crippen molar-refractivity contribution in [1.82, 2.24) is 0 Å². The van der Waals surface area contributed by atoms with Gasteiger partial charge in [-0.15, -0.1) is 0 Å². The van der Waals surface area contributed by atoms with Gasteiger partial charge in [-0.25, -0.2) is 0 Å². The van der Waals surface area contributed by atoms with Gasteiger partial charge in [-0.05, 0) is 25.8 Å². The van der Waals surface area contributed by atoms with E-state index in [2.05, 4.69) is 26.0 Å². The Morgan fingerprint density at radius 2 is 2.17 bits per heavy atom. The zero-order chi connectivity index (χ0) is 12.9. The van der Waals surface area contributed by atoms with Crippen LogP contribution in [0.1, 0.15) is 43.2 Å². The minimum atomic E-state index is -0.264. The third-order valence-electron chi connectivity index (χ3n) is 4.04. The van der Waals surface area contributed by atoms with Gasteiger partial charge in [0.25, 0.3) is 5.69 Å². The van der Waals surface area contributed by atoms with Crippen molar-refractivity contribution in [3.63, 3.8) is 0 Å². The molecule has 3 heteroatoms. The molecule has 1 aromatic carbocycles. The molecule has 0 heterocycles. The third-order valence-corrected chi connectivity index (χ3v) is 4.04. The van der Waals surface area contributed by atoms with Gasteiger partial charge in [0.15, 0.2) is 0 Å². The second-order valence-electron chi connectivity index (χ2n) is 5.20. The maximum atomic E-state index is 11.1. The molecule has 18 heavy (non-hydrogen) atoms. The van der Waals surface area contributed by atoms with Crippen molar-refractivity contribution >= 4 is 5.69 Å². The van der Waals surface area contributed by atoms with E-state index in [9.17, 15) is 10.1 Å². The van der Waals surface area contributed by atoms with Gasteiger partial charge in [-0.1, -0.05) is 35.4 Å². The highest BCUT2D eigenvalue weighted by Gasteiger charge is 2.44. The lowest BCUT2D eigenvalue weighted by atomic mass is 9.61. The predicted molar refractivity (Wildman–Crippen MR) is 70.7 cm³/mol. The molecule has 2 aliphatic carbocycles. The van der Waals surface area contributed by atoms with Crippen LogP contribution in [-0.4, -0.2) is 4.92 Å². The third kappa shape index (κ3) is 1.37. The average molecular weight is 241 g/mol. The monoisotopic (exact) mass is 241 g/mol. The summed E-state index contributed by atoms with van der Waals surface area (Å²) in [6.45, 7) is 4.25. The predicted octanol–water partition coefficient (Wildman–Crippen LogP) is 4.07. The lowest BCUT2D eigenvalue weighted by molar-refractivity contribution is -0.386. The largest absolute Gasteiger partial charge is 0.273 e. The zero-order valence-electron chi connectivity index (χ0n) is 10.5. The lowest BCUT2D eigenvalue weighted by Gasteiger charge is -2.41. The van der Waals surface area contributed by atoms with Crippen LogP contribution in [0.3, 0.4) is 0 Å².